The van der Waals surface area contributed by atoms with Crippen molar-refractivity contribution >= 4 is 21.6 Å². The van der Waals surface area contributed by atoms with Gasteiger partial charge in [0.05, 0.1) is 7.11 Å². The smallest absolute Gasteiger partial charge is 0.160 e. The molecule has 94 valence electrons. The molecule has 0 saturated carbocycles. The molecule has 2 aromatic rings. The summed E-state index contributed by atoms with van der Waals surface area (Å²) in [6.07, 6.45) is 0. The van der Waals surface area contributed by atoms with Crippen LogP contribution in [0.5, 0.6) is 11.5 Å². The van der Waals surface area contributed by atoms with E-state index >= 15 is 0 Å². The van der Waals surface area contributed by atoms with Crippen LogP contribution in [0.2, 0.25) is 0 Å². The van der Waals surface area contributed by atoms with Gasteiger partial charge in [0.15, 0.2) is 11.5 Å². The zero-order valence-corrected chi connectivity index (χ0v) is 11.6. The number of hydrogen-bond donors (Lipinski definition) is 2. The van der Waals surface area contributed by atoms with Gasteiger partial charge in [-0.15, -0.1) is 0 Å². The Morgan fingerprint density at radius 2 is 2.06 bits per heavy atom. The lowest BCUT2D eigenvalue weighted by atomic mass is 10.2. The average Bonchev–Trinajstić information content (AvgIpc) is 2.38. The van der Waals surface area contributed by atoms with E-state index in [4.69, 9.17) is 4.74 Å². The summed E-state index contributed by atoms with van der Waals surface area (Å²) in [5, 5.41) is 12.8. The normalized spacial score (nSPS) is 10.1. The third-order valence-electron chi connectivity index (χ3n) is 2.57. The van der Waals surface area contributed by atoms with Gasteiger partial charge in [0.1, 0.15) is 0 Å². The Morgan fingerprint density at radius 1 is 1.22 bits per heavy atom. The highest BCUT2D eigenvalue weighted by molar-refractivity contribution is 9.10. The Kier molecular flexibility index (Phi) is 4.10. The highest BCUT2D eigenvalue weighted by Gasteiger charge is 2.02. The molecule has 2 N–H and O–H groups in total. The van der Waals surface area contributed by atoms with Crippen molar-refractivity contribution in [1.29, 1.82) is 0 Å². The Hall–Kier alpha value is -1.68. The SMILES string of the molecule is COc1cc(CNc2cccc(Br)c2)ccc1O. The molecule has 0 aliphatic rings. The van der Waals surface area contributed by atoms with Crippen LogP contribution >= 0.6 is 15.9 Å². The van der Waals surface area contributed by atoms with Gasteiger partial charge >= 0.3 is 0 Å². The van der Waals surface area contributed by atoms with Gasteiger partial charge in [0.2, 0.25) is 0 Å². The molecule has 0 aliphatic carbocycles. The Bertz CT molecular complexity index is 543. The Labute approximate surface area is 115 Å². The molecule has 0 amide bonds. The highest BCUT2D eigenvalue weighted by Crippen LogP contribution is 2.26. The van der Waals surface area contributed by atoms with Crippen LogP contribution in [0, 0.1) is 0 Å². The second kappa shape index (κ2) is 5.78. The van der Waals surface area contributed by atoms with E-state index in [0.717, 1.165) is 15.7 Å². The van der Waals surface area contributed by atoms with Gasteiger partial charge in [0, 0.05) is 16.7 Å². The molecule has 0 atom stereocenters. The molecule has 0 radical (unpaired) electrons. The molecule has 0 unspecified atom stereocenters. The minimum absolute atomic E-state index is 0.156. The molecule has 0 aliphatic heterocycles. The van der Waals surface area contributed by atoms with E-state index in [2.05, 4.69) is 21.2 Å². The summed E-state index contributed by atoms with van der Waals surface area (Å²) >= 11 is 3.43. The number of nitrogens with one attached hydrogen (secondary N) is 1. The monoisotopic (exact) mass is 307 g/mol. The molecule has 18 heavy (non-hydrogen) atoms. The summed E-state index contributed by atoms with van der Waals surface area (Å²) in [6, 6.07) is 13.3. The van der Waals surface area contributed by atoms with Gasteiger partial charge in [-0.3, -0.25) is 0 Å². The Morgan fingerprint density at radius 3 is 2.78 bits per heavy atom. The van der Waals surface area contributed by atoms with E-state index in [1.807, 2.05) is 36.4 Å². The number of phenols is 1. The van der Waals surface area contributed by atoms with Gasteiger partial charge in [-0.1, -0.05) is 28.1 Å². The van der Waals surface area contributed by atoms with Crippen molar-refractivity contribution in [2.45, 2.75) is 6.54 Å². The first-order valence-electron chi connectivity index (χ1n) is 5.54. The molecule has 3 nitrogen and oxygen atoms in total. The maximum Gasteiger partial charge on any atom is 0.160 e. The molecule has 2 aromatic carbocycles. The lowest BCUT2D eigenvalue weighted by molar-refractivity contribution is 0.373. The van der Waals surface area contributed by atoms with Crippen LogP contribution in [0.25, 0.3) is 0 Å². The summed E-state index contributed by atoms with van der Waals surface area (Å²) in [6.45, 7) is 0.674. The largest absolute Gasteiger partial charge is 0.504 e. The van der Waals surface area contributed by atoms with Gasteiger partial charge < -0.3 is 15.2 Å². The molecule has 0 bridgehead atoms. The number of halogens is 1. The first-order chi connectivity index (χ1) is 8.69. The Balaban J connectivity index is 2.06. The molecular formula is C14H14BrNO2. The van der Waals surface area contributed by atoms with Crippen molar-refractivity contribution in [2.24, 2.45) is 0 Å². The molecular weight excluding hydrogens is 294 g/mol. The first-order valence-corrected chi connectivity index (χ1v) is 6.33. The number of methoxy groups -OCH3 is 1. The van der Waals surface area contributed by atoms with E-state index in [1.54, 1.807) is 13.2 Å². The van der Waals surface area contributed by atoms with E-state index < -0.39 is 0 Å². The maximum atomic E-state index is 9.50. The number of hydrogen-bond acceptors (Lipinski definition) is 3. The van der Waals surface area contributed by atoms with Crippen LogP contribution in [-0.4, -0.2) is 12.2 Å². The second-order valence-electron chi connectivity index (χ2n) is 3.87. The highest BCUT2D eigenvalue weighted by atomic mass is 79.9. The molecule has 0 saturated heterocycles. The van der Waals surface area contributed by atoms with Gasteiger partial charge in [-0.05, 0) is 35.9 Å². The summed E-state index contributed by atoms with van der Waals surface area (Å²) in [5.74, 6) is 0.646. The first kappa shape index (κ1) is 12.8. The van der Waals surface area contributed by atoms with Crippen LogP contribution in [-0.2, 0) is 6.54 Å². The zero-order valence-electron chi connectivity index (χ0n) is 9.98. The number of rotatable bonds is 4. The van der Waals surface area contributed by atoms with Crippen LogP contribution < -0.4 is 10.1 Å². The minimum atomic E-state index is 0.156. The molecule has 0 heterocycles. The number of phenolic OH excluding ortho intramolecular Hbond substituents is 1. The van der Waals surface area contributed by atoms with Gasteiger partial charge in [-0.25, -0.2) is 0 Å². The van der Waals surface area contributed by atoms with E-state index in [-0.39, 0.29) is 5.75 Å². The third-order valence-corrected chi connectivity index (χ3v) is 3.06. The molecule has 0 fully saturated rings. The summed E-state index contributed by atoms with van der Waals surface area (Å²) in [5.41, 5.74) is 2.08. The van der Waals surface area contributed by atoms with Crippen molar-refractivity contribution < 1.29 is 9.84 Å². The zero-order chi connectivity index (χ0) is 13.0. The topological polar surface area (TPSA) is 41.5 Å². The predicted octanol–water partition coefficient (Wildman–Crippen LogP) is 3.78. The minimum Gasteiger partial charge on any atom is -0.504 e. The van der Waals surface area contributed by atoms with Crippen LogP contribution in [0.15, 0.2) is 46.9 Å². The third kappa shape index (κ3) is 3.17. The number of aromatic hydroxyl groups is 1. The van der Waals surface area contributed by atoms with Crippen molar-refractivity contribution in [3.63, 3.8) is 0 Å². The van der Waals surface area contributed by atoms with E-state index in [0.29, 0.717) is 12.3 Å². The fourth-order valence-corrected chi connectivity index (χ4v) is 2.03. The average molecular weight is 308 g/mol. The fraction of sp³-hybridized carbons (Fsp3) is 0.143. The molecule has 4 heteroatoms. The van der Waals surface area contributed by atoms with Crippen molar-refractivity contribution in [3.05, 3.63) is 52.5 Å². The van der Waals surface area contributed by atoms with Gasteiger partial charge in [0.25, 0.3) is 0 Å². The second-order valence-corrected chi connectivity index (χ2v) is 4.79. The van der Waals surface area contributed by atoms with Crippen molar-refractivity contribution in [2.75, 3.05) is 12.4 Å². The number of ether oxygens (including phenoxy) is 1. The summed E-state index contributed by atoms with van der Waals surface area (Å²) < 4.78 is 6.11. The van der Waals surface area contributed by atoms with Crippen LogP contribution in [0.1, 0.15) is 5.56 Å². The van der Waals surface area contributed by atoms with Gasteiger partial charge in [-0.2, -0.15) is 0 Å². The summed E-state index contributed by atoms with van der Waals surface area (Å²) in [7, 11) is 1.54. The van der Waals surface area contributed by atoms with Crippen molar-refractivity contribution in [1.82, 2.24) is 0 Å². The fourth-order valence-electron chi connectivity index (χ4n) is 1.63. The standard InChI is InChI=1S/C14H14BrNO2/c1-18-14-7-10(5-6-13(14)17)9-16-12-4-2-3-11(15)8-12/h2-8,16-17H,9H2,1H3. The summed E-state index contributed by atoms with van der Waals surface area (Å²) in [4.78, 5) is 0. The quantitative estimate of drug-likeness (QED) is 0.903. The lowest BCUT2D eigenvalue weighted by Gasteiger charge is -2.09. The predicted molar refractivity (Wildman–Crippen MR) is 76.1 cm³/mol. The lowest BCUT2D eigenvalue weighted by Crippen LogP contribution is -1.99. The van der Waals surface area contributed by atoms with Crippen LogP contribution in [0.3, 0.4) is 0 Å². The van der Waals surface area contributed by atoms with E-state index in [9.17, 15) is 5.11 Å². The molecule has 0 spiro atoms. The number of anilines is 1. The molecule has 0 aromatic heterocycles. The number of benzene rings is 2. The van der Waals surface area contributed by atoms with Crippen LogP contribution in [0.4, 0.5) is 5.69 Å². The van der Waals surface area contributed by atoms with Crippen molar-refractivity contribution in [3.8, 4) is 11.5 Å². The van der Waals surface area contributed by atoms with E-state index in [1.165, 1.54) is 0 Å². The maximum absolute atomic E-state index is 9.50. The molecule has 2 rings (SSSR count).